The van der Waals surface area contributed by atoms with Gasteiger partial charge in [-0.05, 0) is 24.2 Å². The van der Waals surface area contributed by atoms with Gasteiger partial charge in [0.25, 0.3) is 0 Å². The van der Waals surface area contributed by atoms with Gasteiger partial charge >= 0.3 is 0 Å². The van der Waals surface area contributed by atoms with Gasteiger partial charge in [-0.2, -0.15) is 0 Å². The van der Waals surface area contributed by atoms with Gasteiger partial charge in [-0.15, -0.1) is 11.3 Å². The molecule has 0 aromatic carbocycles. The number of hydrogen-bond donors (Lipinski definition) is 1. The van der Waals surface area contributed by atoms with Crippen LogP contribution in [0.5, 0.6) is 0 Å². The highest BCUT2D eigenvalue weighted by Gasteiger charge is 2.38. The summed E-state index contributed by atoms with van der Waals surface area (Å²) in [5, 5.41) is 3.40. The van der Waals surface area contributed by atoms with E-state index >= 15 is 0 Å². The lowest BCUT2D eigenvalue weighted by molar-refractivity contribution is 0.220. The third-order valence-electron chi connectivity index (χ3n) is 4.59. The van der Waals surface area contributed by atoms with Crippen molar-refractivity contribution in [1.29, 1.82) is 0 Å². The predicted octanol–water partition coefficient (Wildman–Crippen LogP) is 4.14. The fourth-order valence-corrected chi connectivity index (χ4v) is 4.33. The Kier molecular flexibility index (Phi) is 4.08. The highest BCUT2D eigenvalue weighted by atomic mass is 32.1. The second kappa shape index (κ2) is 5.17. The lowest BCUT2D eigenvalue weighted by Gasteiger charge is -2.31. The van der Waals surface area contributed by atoms with Crippen molar-refractivity contribution < 1.29 is 0 Å². The van der Waals surface area contributed by atoms with Crippen molar-refractivity contribution in [2.45, 2.75) is 71.8 Å². The maximum atomic E-state index is 6.47. The predicted molar refractivity (Wildman–Crippen MR) is 83.6 cm³/mol. The Balaban J connectivity index is 2.03. The second-order valence-electron chi connectivity index (χ2n) is 7.73. The zero-order valence-corrected chi connectivity index (χ0v) is 13.8. The van der Waals surface area contributed by atoms with Crippen LogP contribution in [0.15, 0.2) is 5.38 Å². The lowest BCUT2D eigenvalue weighted by atomic mass is 9.77. The molecule has 2 nitrogen and oxygen atoms in total. The topological polar surface area (TPSA) is 38.9 Å². The second-order valence-corrected chi connectivity index (χ2v) is 8.67. The molecule has 2 rings (SSSR count). The summed E-state index contributed by atoms with van der Waals surface area (Å²) in [4.78, 5) is 4.78. The van der Waals surface area contributed by atoms with Crippen LogP contribution in [0.4, 0.5) is 0 Å². The van der Waals surface area contributed by atoms with Gasteiger partial charge in [-0.3, -0.25) is 0 Å². The van der Waals surface area contributed by atoms with Crippen molar-refractivity contribution in [3.8, 4) is 0 Å². The Morgan fingerprint density at radius 2 is 2.16 bits per heavy atom. The summed E-state index contributed by atoms with van der Waals surface area (Å²) >= 11 is 1.77. The van der Waals surface area contributed by atoms with E-state index in [-0.39, 0.29) is 11.5 Å². The monoisotopic (exact) mass is 280 g/mol. The van der Waals surface area contributed by atoms with Crippen molar-refractivity contribution in [3.63, 3.8) is 0 Å². The maximum Gasteiger partial charge on any atom is 0.0944 e. The van der Waals surface area contributed by atoms with Gasteiger partial charge in [-0.1, -0.05) is 41.0 Å². The summed E-state index contributed by atoms with van der Waals surface area (Å²) in [6.45, 7) is 11.4. The first-order valence-corrected chi connectivity index (χ1v) is 8.28. The third kappa shape index (κ3) is 3.38. The Hall–Kier alpha value is -0.410. The van der Waals surface area contributed by atoms with Crippen LogP contribution in [0.2, 0.25) is 0 Å². The van der Waals surface area contributed by atoms with Crippen LogP contribution in [0.25, 0.3) is 0 Å². The molecule has 0 saturated heterocycles. The standard InChI is InChI=1S/C16H28N2S/c1-15(2,3)13-10-19-14(18-13)9-12(17)11-7-6-8-16(11,4)5/h10-12H,6-9,17H2,1-5H3. The van der Waals surface area contributed by atoms with E-state index in [1.165, 1.54) is 30.0 Å². The molecule has 0 radical (unpaired) electrons. The smallest absolute Gasteiger partial charge is 0.0944 e. The highest BCUT2D eigenvalue weighted by Crippen LogP contribution is 2.44. The molecule has 1 heterocycles. The summed E-state index contributed by atoms with van der Waals surface area (Å²) in [5.74, 6) is 0.648. The molecule has 1 saturated carbocycles. The number of nitrogens with zero attached hydrogens (tertiary/aromatic N) is 1. The van der Waals surface area contributed by atoms with E-state index in [2.05, 4.69) is 40.0 Å². The number of rotatable bonds is 3. The normalized spacial score (nSPS) is 24.6. The van der Waals surface area contributed by atoms with Gasteiger partial charge in [0.1, 0.15) is 0 Å². The molecule has 0 aliphatic heterocycles. The third-order valence-corrected chi connectivity index (χ3v) is 5.46. The molecule has 0 spiro atoms. The van der Waals surface area contributed by atoms with Crippen LogP contribution < -0.4 is 5.73 Å². The highest BCUT2D eigenvalue weighted by molar-refractivity contribution is 7.09. The first kappa shape index (κ1) is 15.0. The van der Waals surface area contributed by atoms with Crippen LogP contribution in [-0.2, 0) is 11.8 Å². The van der Waals surface area contributed by atoms with Crippen molar-refractivity contribution in [2.24, 2.45) is 17.1 Å². The van der Waals surface area contributed by atoms with Crippen LogP contribution in [0, 0.1) is 11.3 Å². The number of nitrogens with two attached hydrogens (primary N) is 1. The Labute approximate surface area is 121 Å². The molecule has 2 unspecified atom stereocenters. The maximum absolute atomic E-state index is 6.47. The average Bonchev–Trinajstić information content (AvgIpc) is 2.83. The molecule has 2 N–H and O–H groups in total. The van der Waals surface area contributed by atoms with Crippen LogP contribution >= 0.6 is 11.3 Å². The number of aromatic nitrogens is 1. The molecule has 0 amide bonds. The van der Waals surface area contributed by atoms with E-state index in [1.54, 1.807) is 11.3 Å². The fraction of sp³-hybridized carbons (Fsp3) is 0.812. The van der Waals surface area contributed by atoms with Crippen molar-refractivity contribution >= 4 is 11.3 Å². The summed E-state index contributed by atoms with van der Waals surface area (Å²) < 4.78 is 0. The van der Waals surface area contributed by atoms with E-state index in [0.29, 0.717) is 11.3 Å². The van der Waals surface area contributed by atoms with E-state index in [1.807, 2.05) is 0 Å². The minimum absolute atomic E-state index is 0.144. The Morgan fingerprint density at radius 3 is 2.63 bits per heavy atom. The molecule has 108 valence electrons. The fourth-order valence-electron chi connectivity index (χ4n) is 3.24. The molecule has 3 heteroatoms. The average molecular weight is 280 g/mol. The first-order chi connectivity index (χ1) is 8.70. The summed E-state index contributed by atoms with van der Waals surface area (Å²) in [5.41, 5.74) is 8.22. The van der Waals surface area contributed by atoms with E-state index in [0.717, 1.165) is 6.42 Å². The van der Waals surface area contributed by atoms with Crippen LogP contribution in [-0.4, -0.2) is 11.0 Å². The van der Waals surface area contributed by atoms with Crippen molar-refractivity contribution in [1.82, 2.24) is 4.98 Å². The minimum atomic E-state index is 0.144. The summed E-state index contributed by atoms with van der Waals surface area (Å²) in [6.07, 6.45) is 4.87. The largest absolute Gasteiger partial charge is 0.327 e. The molecule has 1 aliphatic carbocycles. The molecule has 2 atom stereocenters. The Morgan fingerprint density at radius 1 is 1.47 bits per heavy atom. The molecular weight excluding hydrogens is 252 g/mol. The van der Waals surface area contributed by atoms with Gasteiger partial charge in [-0.25, -0.2) is 4.98 Å². The molecule has 1 aliphatic rings. The zero-order valence-electron chi connectivity index (χ0n) is 13.0. The molecule has 0 bridgehead atoms. The quantitative estimate of drug-likeness (QED) is 0.904. The zero-order chi connectivity index (χ0) is 14.3. The lowest BCUT2D eigenvalue weighted by Crippen LogP contribution is -2.38. The first-order valence-electron chi connectivity index (χ1n) is 7.40. The number of thiazole rings is 1. The Bertz CT molecular complexity index is 428. The van der Waals surface area contributed by atoms with Crippen molar-refractivity contribution in [2.75, 3.05) is 0 Å². The van der Waals surface area contributed by atoms with Crippen LogP contribution in [0.1, 0.15) is 64.6 Å². The van der Waals surface area contributed by atoms with Gasteiger partial charge < -0.3 is 5.73 Å². The summed E-state index contributed by atoms with van der Waals surface area (Å²) in [7, 11) is 0. The molecule has 1 aromatic rings. The molecule has 19 heavy (non-hydrogen) atoms. The van der Waals surface area contributed by atoms with E-state index < -0.39 is 0 Å². The van der Waals surface area contributed by atoms with Crippen molar-refractivity contribution in [3.05, 3.63) is 16.1 Å². The van der Waals surface area contributed by atoms with E-state index in [4.69, 9.17) is 10.7 Å². The molecular formula is C16H28N2S. The van der Waals surface area contributed by atoms with Crippen LogP contribution in [0.3, 0.4) is 0 Å². The van der Waals surface area contributed by atoms with Gasteiger partial charge in [0.2, 0.25) is 0 Å². The van der Waals surface area contributed by atoms with E-state index in [9.17, 15) is 0 Å². The molecule has 1 fully saturated rings. The van der Waals surface area contributed by atoms with Gasteiger partial charge in [0.15, 0.2) is 0 Å². The SMILES string of the molecule is CC(C)(C)c1csc(CC(N)C2CCCC2(C)C)n1. The summed E-state index contributed by atoms with van der Waals surface area (Å²) in [6, 6.07) is 0.261. The number of hydrogen-bond acceptors (Lipinski definition) is 3. The molecule has 1 aromatic heterocycles. The van der Waals surface area contributed by atoms with Gasteiger partial charge in [0, 0.05) is 23.3 Å². The minimum Gasteiger partial charge on any atom is -0.327 e. The van der Waals surface area contributed by atoms with Gasteiger partial charge in [0.05, 0.1) is 10.7 Å².